The highest BCUT2D eigenvalue weighted by Gasteiger charge is 2.39. The first kappa shape index (κ1) is 46.2. The van der Waals surface area contributed by atoms with Crippen LogP contribution in [-0.4, -0.2) is 115 Å². The van der Waals surface area contributed by atoms with Crippen LogP contribution in [0.3, 0.4) is 0 Å². The molecule has 4 aliphatic rings. The van der Waals surface area contributed by atoms with Gasteiger partial charge in [0.15, 0.2) is 15.7 Å². The summed E-state index contributed by atoms with van der Waals surface area (Å²) in [4.78, 5) is 53.3. The summed E-state index contributed by atoms with van der Waals surface area (Å²) in [5.74, 6) is 0.624. The largest absolute Gasteiger partial charge is 0.489 e. The van der Waals surface area contributed by atoms with E-state index in [4.69, 9.17) is 16.3 Å². The van der Waals surface area contributed by atoms with Gasteiger partial charge in [0.2, 0.25) is 17.8 Å². The van der Waals surface area contributed by atoms with Crippen molar-refractivity contribution in [2.45, 2.75) is 113 Å². The molecule has 0 spiro atoms. The summed E-state index contributed by atoms with van der Waals surface area (Å²) < 4.78 is 32.6. The lowest BCUT2D eigenvalue weighted by atomic mass is 9.85. The van der Waals surface area contributed by atoms with Crippen LogP contribution in [-0.2, 0) is 19.4 Å². The highest BCUT2D eigenvalue weighted by atomic mass is 35.5. The molecule has 17 heteroatoms. The number of piperidine rings is 3. The fourth-order valence-electron chi connectivity index (χ4n) is 9.41. The Kier molecular flexibility index (Phi) is 14.0. The minimum absolute atomic E-state index is 0.0641. The zero-order valence-electron chi connectivity index (χ0n) is 37.8. The van der Waals surface area contributed by atoms with Crippen LogP contribution in [0.15, 0.2) is 71.8 Å². The van der Waals surface area contributed by atoms with Crippen LogP contribution in [0.5, 0.6) is 5.75 Å². The molecule has 346 valence electrons. The van der Waals surface area contributed by atoms with Crippen molar-refractivity contribution >= 4 is 68.0 Å². The van der Waals surface area contributed by atoms with E-state index in [1.54, 1.807) is 50.2 Å². The van der Waals surface area contributed by atoms with Crippen molar-refractivity contribution in [3.8, 4) is 5.75 Å². The maximum Gasteiger partial charge on any atom is 0.251 e. The number of benzene rings is 3. The van der Waals surface area contributed by atoms with Crippen LogP contribution >= 0.6 is 11.6 Å². The molecular formula is C48H60ClN9O6S. The van der Waals surface area contributed by atoms with E-state index < -0.39 is 27.0 Å². The third kappa shape index (κ3) is 10.6. The number of likely N-dealkylation sites (tertiary alicyclic amines) is 2. The highest BCUT2D eigenvalue weighted by Crippen LogP contribution is 2.40. The van der Waals surface area contributed by atoms with Gasteiger partial charge in [-0.2, -0.15) is 4.98 Å². The molecule has 0 saturated carbocycles. The average molecular weight is 927 g/mol. The van der Waals surface area contributed by atoms with Crippen LogP contribution in [0, 0.1) is 6.92 Å². The summed E-state index contributed by atoms with van der Waals surface area (Å²) >= 11 is 6.54. The molecule has 8 rings (SSSR count). The number of carbonyl (C=O) groups is 3. The van der Waals surface area contributed by atoms with Gasteiger partial charge in [-0.1, -0.05) is 23.7 Å². The fraction of sp³-hybridized carbons (Fsp3) is 0.479. The van der Waals surface area contributed by atoms with Crippen LogP contribution in [0.2, 0.25) is 5.02 Å². The first-order valence-corrected chi connectivity index (χ1v) is 24.7. The number of ether oxygens (including phenoxy) is 1. The average Bonchev–Trinajstić information content (AvgIpc) is 3.26. The zero-order valence-corrected chi connectivity index (χ0v) is 39.3. The predicted molar refractivity (Wildman–Crippen MR) is 254 cm³/mol. The number of anilines is 5. The number of para-hydroxylation sites is 1. The third-order valence-electron chi connectivity index (χ3n) is 13.2. The summed E-state index contributed by atoms with van der Waals surface area (Å²) in [5, 5.41) is 11.2. The number of rotatable bonds is 14. The van der Waals surface area contributed by atoms with Crippen LogP contribution in [0.25, 0.3) is 0 Å². The van der Waals surface area contributed by atoms with Gasteiger partial charge in [0.25, 0.3) is 5.91 Å². The smallest absolute Gasteiger partial charge is 0.251 e. The molecule has 4 aromatic rings. The minimum Gasteiger partial charge on any atom is -0.489 e. The molecule has 4 N–H and O–H groups in total. The number of halogens is 1. The topological polar surface area (TPSA) is 178 Å². The van der Waals surface area contributed by atoms with Gasteiger partial charge in [-0.05, 0) is 145 Å². The van der Waals surface area contributed by atoms with Gasteiger partial charge in [-0.15, -0.1) is 0 Å². The van der Waals surface area contributed by atoms with Crippen molar-refractivity contribution in [2.24, 2.45) is 0 Å². The van der Waals surface area contributed by atoms with E-state index >= 15 is 0 Å². The summed E-state index contributed by atoms with van der Waals surface area (Å²) in [5.41, 5.74) is 5.16. The Morgan fingerprint density at radius 3 is 2.25 bits per heavy atom. The van der Waals surface area contributed by atoms with Crippen molar-refractivity contribution < 1.29 is 27.5 Å². The van der Waals surface area contributed by atoms with Gasteiger partial charge in [-0.3, -0.25) is 29.5 Å². The van der Waals surface area contributed by atoms with Crippen LogP contribution < -0.4 is 30.9 Å². The van der Waals surface area contributed by atoms with Crippen molar-refractivity contribution in [1.29, 1.82) is 0 Å². The molecule has 0 bridgehead atoms. The molecule has 0 radical (unpaired) electrons. The molecule has 5 heterocycles. The maximum absolute atomic E-state index is 13.1. The lowest BCUT2D eigenvalue weighted by Gasteiger charge is -2.52. The highest BCUT2D eigenvalue weighted by molar-refractivity contribution is 7.92. The third-order valence-corrected chi connectivity index (χ3v) is 15.7. The molecule has 0 aliphatic carbocycles. The number of sulfone groups is 1. The molecule has 3 aromatic carbocycles. The lowest BCUT2D eigenvalue weighted by Crippen LogP contribution is -2.64. The van der Waals surface area contributed by atoms with E-state index in [-0.39, 0.29) is 40.1 Å². The molecule has 1 atom stereocenters. The molecule has 1 unspecified atom stereocenters. The Bertz CT molecular complexity index is 2500. The standard InChI is InChI=1S/C48H60ClN9O6S/c1-29(2)64-42-25-37(31(5)24-41(42)53-48-50-26-38(49)45(55-48)51-39-8-6-7-9-43(39)65(62,63)30(3)4)32-16-20-57(21-17-32)36-27-58(28-36)35-18-22-56(23-19-35)34-12-10-33(11-13-34)46(60)52-40-14-15-44(59)54-47(40)61/h6-13,24-26,29-30,32,35-36,40H,14-23,27-28H2,1-5H3,(H,52,60)(H,54,59,61)(H2,50,51,53,55). The lowest BCUT2D eigenvalue weighted by molar-refractivity contribution is -0.134. The van der Waals surface area contributed by atoms with Crippen molar-refractivity contribution in [3.63, 3.8) is 0 Å². The molecule has 4 fully saturated rings. The van der Waals surface area contributed by atoms with Gasteiger partial charge in [-0.25, -0.2) is 13.4 Å². The van der Waals surface area contributed by atoms with Crippen molar-refractivity contribution in [2.75, 3.05) is 54.8 Å². The van der Waals surface area contributed by atoms with E-state index in [2.05, 4.69) is 65.0 Å². The number of nitrogens with one attached hydrogen (secondary N) is 4. The Labute approximate surface area is 387 Å². The molecule has 3 amide bonds. The maximum atomic E-state index is 13.1. The van der Waals surface area contributed by atoms with Crippen molar-refractivity contribution in [3.05, 3.63) is 88.6 Å². The van der Waals surface area contributed by atoms with Gasteiger partial charge in [0, 0.05) is 55.9 Å². The number of nitrogens with zero attached hydrogens (tertiary/aromatic N) is 5. The second-order valence-corrected chi connectivity index (χ2v) is 21.1. The second kappa shape index (κ2) is 19.7. The Morgan fingerprint density at radius 2 is 1.57 bits per heavy atom. The fourth-order valence-corrected chi connectivity index (χ4v) is 10.7. The van der Waals surface area contributed by atoms with E-state index in [1.807, 2.05) is 26.0 Å². The first-order chi connectivity index (χ1) is 31.1. The van der Waals surface area contributed by atoms with E-state index in [9.17, 15) is 22.8 Å². The molecule has 15 nitrogen and oxygen atoms in total. The molecule has 65 heavy (non-hydrogen) atoms. The number of amides is 3. The SMILES string of the molecule is Cc1cc(Nc2ncc(Cl)c(Nc3ccccc3S(=O)(=O)C(C)C)n2)c(OC(C)C)cc1C1CCN(C2CN(C3CCN(c4ccc(C(=O)NC5CCC(=O)NC5=O)cc4)CC3)C2)CC1. The van der Waals surface area contributed by atoms with Crippen molar-refractivity contribution in [1.82, 2.24) is 30.4 Å². The molecule has 1 aromatic heterocycles. The monoisotopic (exact) mass is 925 g/mol. The van der Waals surface area contributed by atoms with E-state index in [0.29, 0.717) is 41.6 Å². The number of imide groups is 1. The Balaban J connectivity index is 0.826. The minimum atomic E-state index is -3.57. The number of hydrogen-bond donors (Lipinski definition) is 4. The number of aromatic nitrogens is 2. The summed E-state index contributed by atoms with van der Waals surface area (Å²) in [6.45, 7) is 15.7. The zero-order chi connectivity index (χ0) is 46.0. The summed E-state index contributed by atoms with van der Waals surface area (Å²) in [7, 11) is -3.57. The van der Waals surface area contributed by atoms with Crippen LogP contribution in [0.1, 0.15) is 93.6 Å². The number of hydrogen-bond acceptors (Lipinski definition) is 13. The van der Waals surface area contributed by atoms with E-state index in [1.165, 1.54) is 11.8 Å². The van der Waals surface area contributed by atoms with E-state index in [0.717, 1.165) is 87.6 Å². The van der Waals surface area contributed by atoms with Crippen LogP contribution in [0.4, 0.5) is 28.8 Å². The molecule has 4 saturated heterocycles. The normalized spacial score (nSPS) is 19.6. The summed E-state index contributed by atoms with van der Waals surface area (Å²) in [6, 6.07) is 19.0. The predicted octanol–water partition coefficient (Wildman–Crippen LogP) is 6.96. The second-order valence-electron chi connectivity index (χ2n) is 18.3. The Morgan fingerprint density at radius 1 is 0.862 bits per heavy atom. The quantitative estimate of drug-likeness (QED) is 0.0956. The van der Waals surface area contributed by atoms with Gasteiger partial charge < -0.3 is 25.6 Å². The van der Waals surface area contributed by atoms with Gasteiger partial charge >= 0.3 is 0 Å². The number of carbonyl (C=O) groups excluding carboxylic acids is 3. The van der Waals surface area contributed by atoms with Gasteiger partial charge in [0.05, 0.1) is 33.8 Å². The molecular weight excluding hydrogens is 866 g/mol. The Hall–Kier alpha value is -5.29. The first-order valence-electron chi connectivity index (χ1n) is 22.8. The number of aryl methyl sites for hydroxylation is 1. The van der Waals surface area contributed by atoms with Gasteiger partial charge in [0.1, 0.15) is 16.8 Å². The summed E-state index contributed by atoms with van der Waals surface area (Å²) in [6.07, 6.45) is 6.30. The molecule has 4 aliphatic heterocycles.